The largest absolute Gasteiger partial charge is 0.472 e. The summed E-state index contributed by atoms with van der Waals surface area (Å²) in [6.07, 6.45) is 66.7. The first-order valence-corrected chi connectivity index (χ1v) is 46.5. The molecule has 0 aliphatic heterocycles. The van der Waals surface area contributed by atoms with Gasteiger partial charge in [-0.25, -0.2) is 9.13 Å². The Hall–Kier alpha value is -1.94. The Bertz CT molecular complexity index is 1980. The second kappa shape index (κ2) is 75.5. The maximum Gasteiger partial charge on any atom is 0.472 e. The van der Waals surface area contributed by atoms with Gasteiger partial charge in [0.05, 0.1) is 26.4 Å². The Morgan fingerprint density at radius 1 is 0.262 bits per heavy atom. The molecule has 0 amide bonds. The Kier molecular flexibility index (Phi) is 74.1. The molecule has 0 aliphatic carbocycles. The highest BCUT2D eigenvalue weighted by atomic mass is 31.2. The van der Waals surface area contributed by atoms with Crippen LogP contribution in [0.2, 0.25) is 0 Å². The highest BCUT2D eigenvalue weighted by molar-refractivity contribution is 7.47. The highest BCUT2D eigenvalue weighted by Gasteiger charge is 2.30. The van der Waals surface area contributed by atoms with Crippen molar-refractivity contribution in [3.63, 3.8) is 0 Å². The lowest BCUT2D eigenvalue weighted by molar-refractivity contribution is -0.161. The summed E-state index contributed by atoms with van der Waals surface area (Å²) in [4.78, 5) is 73.0. The van der Waals surface area contributed by atoms with Crippen molar-refractivity contribution < 1.29 is 80.2 Å². The first-order chi connectivity index (χ1) is 49.9. The van der Waals surface area contributed by atoms with Gasteiger partial charge in [-0.3, -0.25) is 37.3 Å². The molecule has 0 aromatic heterocycles. The molecule has 0 spiro atoms. The number of esters is 4. The van der Waals surface area contributed by atoms with Crippen molar-refractivity contribution in [1.29, 1.82) is 0 Å². The molecule has 612 valence electrons. The molecule has 0 saturated carbocycles. The van der Waals surface area contributed by atoms with E-state index in [1.54, 1.807) is 0 Å². The fourth-order valence-electron chi connectivity index (χ4n) is 13.1. The van der Waals surface area contributed by atoms with E-state index in [-0.39, 0.29) is 25.7 Å². The molecule has 0 rings (SSSR count). The van der Waals surface area contributed by atoms with Crippen LogP contribution in [-0.2, 0) is 65.4 Å². The predicted octanol–water partition coefficient (Wildman–Crippen LogP) is 25.5. The van der Waals surface area contributed by atoms with Crippen molar-refractivity contribution >= 4 is 39.5 Å². The Morgan fingerprint density at radius 2 is 0.447 bits per heavy atom. The molecule has 19 heteroatoms. The van der Waals surface area contributed by atoms with Gasteiger partial charge in [0.15, 0.2) is 12.2 Å². The van der Waals surface area contributed by atoms with Crippen LogP contribution in [0, 0.1) is 11.8 Å². The third-order valence-electron chi connectivity index (χ3n) is 19.7. The van der Waals surface area contributed by atoms with Crippen molar-refractivity contribution in [2.24, 2.45) is 11.8 Å². The Balaban J connectivity index is 5.19. The third kappa shape index (κ3) is 78.0. The second-order valence-electron chi connectivity index (χ2n) is 31.2. The number of phosphoric acid groups is 2. The van der Waals surface area contributed by atoms with Gasteiger partial charge in [0.25, 0.3) is 0 Å². The number of hydrogen-bond acceptors (Lipinski definition) is 15. The third-order valence-corrected chi connectivity index (χ3v) is 21.6. The first-order valence-electron chi connectivity index (χ1n) is 43.5. The minimum absolute atomic E-state index is 0.108. The summed E-state index contributed by atoms with van der Waals surface area (Å²) in [7, 11) is -9.92. The van der Waals surface area contributed by atoms with Gasteiger partial charge in [-0.05, 0) is 37.5 Å². The van der Waals surface area contributed by atoms with Crippen LogP contribution in [0.5, 0.6) is 0 Å². The number of carbonyl (C=O) groups excluding carboxylic acids is 4. The lowest BCUT2D eigenvalue weighted by Gasteiger charge is -2.21. The number of ether oxygens (including phenoxy) is 4. The molecule has 0 aromatic rings. The molecular formula is C84H164O17P2. The second-order valence-corrected chi connectivity index (χ2v) is 34.1. The molecule has 3 N–H and O–H groups in total. The lowest BCUT2D eigenvalue weighted by atomic mass is 10.0. The molecule has 17 nitrogen and oxygen atoms in total. The monoisotopic (exact) mass is 1510 g/mol. The summed E-state index contributed by atoms with van der Waals surface area (Å²) in [5.74, 6) is -0.487. The number of carbonyl (C=O) groups is 4. The molecule has 0 radical (unpaired) electrons. The average Bonchev–Trinajstić information content (AvgIpc) is 0.906. The number of rotatable bonds is 83. The molecule has 0 heterocycles. The standard InChI is InChI=1S/C84H164O17P2/c1-7-9-11-13-15-17-18-19-20-23-27-34-39-44-50-56-62-68-83(88)100-79(72-94-81(86)66-60-54-48-16-14-12-10-8-2)74-98-102(90,91)96-70-78(85)71-97-103(92,93)99-75-80(73-95-82(87)67-61-55-49-43-38-33-30-29-32-37-42-47-53-59-65-77(5)6)101-84(89)69-63-57-51-45-40-35-28-25-22-21-24-26-31-36-41-46-52-58-64-76(3)4/h76-80,85H,7-75H2,1-6H3,(H,90,91)(H,92,93)/t78-,79+,80+/m0/s1. The number of aliphatic hydroxyl groups is 1. The van der Waals surface area contributed by atoms with E-state index in [4.69, 9.17) is 37.0 Å². The molecule has 5 atom stereocenters. The fraction of sp³-hybridized carbons (Fsp3) is 0.952. The zero-order chi connectivity index (χ0) is 75.6. The van der Waals surface area contributed by atoms with Crippen LogP contribution >= 0.6 is 15.6 Å². The quantitative estimate of drug-likeness (QED) is 0.0222. The molecule has 103 heavy (non-hydrogen) atoms. The van der Waals surface area contributed by atoms with Crippen molar-refractivity contribution in [3.8, 4) is 0 Å². The average molecular weight is 1510 g/mol. The molecule has 0 aromatic carbocycles. The topological polar surface area (TPSA) is 237 Å². The van der Waals surface area contributed by atoms with Crippen molar-refractivity contribution in [2.75, 3.05) is 39.6 Å². The number of hydrogen-bond donors (Lipinski definition) is 3. The van der Waals surface area contributed by atoms with Crippen LogP contribution in [0.15, 0.2) is 0 Å². The van der Waals surface area contributed by atoms with E-state index in [9.17, 15) is 43.2 Å². The first kappa shape index (κ1) is 101. The summed E-state index contributed by atoms with van der Waals surface area (Å²) in [6, 6.07) is 0. The van der Waals surface area contributed by atoms with E-state index in [1.165, 1.54) is 257 Å². The van der Waals surface area contributed by atoms with Gasteiger partial charge in [0, 0.05) is 25.7 Å². The van der Waals surface area contributed by atoms with Crippen LogP contribution in [-0.4, -0.2) is 96.7 Å². The summed E-state index contributed by atoms with van der Waals surface area (Å²) in [6.45, 7) is 9.69. The SMILES string of the molecule is CCCCCCCCCCCCCCCCCCCC(=O)O[C@H](COC(=O)CCCCCCCCCC)COP(=O)(O)OC[C@H](O)COP(=O)(O)OC[C@@H](COC(=O)CCCCCCCCCCCCCCCCC(C)C)OC(=O)CCCCCCCCCCCCCCCCCCCCC(C)C. The smallest absolute Gasteiger partial charge is 0.462 e. The van der Waals surface area contributed by atoms with E-state index in [1.807, 2.05) is 0 Å². The van der Waals surface area contributed by atoms with Crippen molar-refractivity contribution in [2.45, 2.75) is 464 Å². The minimum Gasteiger partial charge on any atom is -0.462 e. The fourth-order valence-corrected chi connectivity index (χ4v) is 14.6. The van der Waals surface area contributed by atoms with Gasteiger partial charge < -0.3 is 33.8 Å². The zero-order valence-corrected chi connectivity index (χ0v) is 69.4. The van der Waals surface area contributed by atoms with Gasteiger partial charge in [-0.15, -0.1) is 0 Å². The molecule has 0 bridgehead atoms. The molecular weight excluding hydrogens is 1340 g/mol. The van der Waals surface area contributed by atoms with Crippen molar-refractivity contribution in [1.82, 2.24) is 0 Å². The zero-order valence-electron chi connectivity index (χ0n) is 67.6. The number of phosphoric ester groups is 2. The molecule has 0 aliphatic rings. The van der Waals surface area contributed by atoms with E-state index in [0.717, 1.165) is 108 Å². The van der Waals surface area contributed by atoms with Crippen molar-refractivity contribution in [3.05, 3.63) is 0 Å². The van der Waals surface area contributed by atoms with Gasteiger partial charge in [-0.1, -0.05) is 395 Å². The van der Waals surface area contributed by atoms with Crippen LogP contribution in [0.3, 0.4) is 0 Å². The summed E-state index contributed by atoms with van der Waals surface area (Å²) in [5, 5.41) is 10.7. The Labute approximate surface area is 632 Å². The van der Waals surface area contributed by atoms with E-state index in [0.29, 0.717) is 25.7 Å². The lowest BCUT2D eigenvalue weighted by Crippen LogP contribution is -2.30. The maximum absolute atomic E-state index is 13.1. The molecule has 0 saturated heterocycles. The predicted molar refractivity (Wildman–Crippen MR) is 423 cm³/mol. The van der Waals surface area contributed by atoms with Crippen LogP contribution in [0.4, 0.5) is 0 Å². The number of aliphatic hydroxyl groups excluding tert-OH is 1. The summed E-state index contributed by atoms with van der Waals surface area (Å²) >= 11 is 0. The van der Waals surface area contributed by atoms with Gasteiger partial charge in [0.2, 0.25) is 0 Å². The van der Waals surface area contributed by atoms with Crippen LogP contribution < -0.4 is 0 Å². The van der Waals surface area contributed by atoms with E-state index >= 15 is 0 Å². The van der Waals surface area contributed by atoms with Crippen LogP contribution in [0.1, 0.15) is 446 Å². The molecule has 2 unspecified atom stereocenters. The highest BCUT2D eigenvalue weighted by Crippen LogP contribution is 2.45. The normalized spacial score (nSPS) is 13.9. The van der Waals surface area contributed by atoms with Gasteiger partial charge >= 0.3 is 39.5 Å². The number of unbranched alkanes of at least 4 members (excludes halogenated alkanes) is 53. The van der Waals surface area contributed by atoms with Gasteiger partial charge in [-0.2, -0.15) is 0 Å². The summed E-state index contributed by atoms with van der Waals surface area (Å²) < 4.78 is 68.8. The minimum atomic E-state index is -4.96. The van der Waals surface area contributed by atoms with E-state index < -0.39 is 97.5 Å². The maximum atomic E-state index is 13.1. The van der Waals surface area contributed by atoms with Crippen LogP contribution in [0.25, 0.3) is 0 Å². The van der Waals surface area contributed by atoms with E-state index in [2.05, 4.69) is 41.5 Å². The Morgan fingerprint density at radius 3 is 0.660 bits per heavy atom. The molecule has 0 fully saturated rings. The summed E-state index contributed by atoms with van der Waals surface area (Å²) in [5.41, 5.74) is 0. The van der Waals surface area contributed by atoms with Gasteiger partial charge in [0.1, 0.15) is 19.3 Å².